The summed E-state index contributed by atoms with van der Waals surface area (Å²) in [5.41, 5.74) is 9.48. The van der Waals surface area contributed by atoms with E-state index in [1.807, 2.05) is 0 Å². The largest absolute Gasteiger partial charge is 0.382 e. The van der Waals surface area contributed by atoms with Gasteiger partial charge in [-0.3, -0.25) is 0 Å². The van der Waals surface area contributed by atoms with E-state index in [0.29, 0.717) is 12.6 Å². The highest BCUT2D eigenvalue weighted by molar-refractivity contribution is 5.54. The lowest BCUT2D eigenvalue weighted by Gasteiger charge is -2.28. The third-order valence-electron chi connectivity index (χ3n) is 3.13. The van der Waals surface area contributed by atoms with Crippen molar-refractivity contribution < 1.29 is 0 Å². The first-order chi connectivity index (χ1) is 6.81. The van der Waals surface area contributed by atoms with Gasteiger partial charge in [0.1, 0.15) is 0 Å². The zero-order valence-corrected chi connectivity index (χ0v) is 8.72. The average Bonchev–Trinajstić information content (AvgIpc) is 2.13. The summed E-state index contributed by atoms with van der Waals surface area (Å²) in [5.74, 6) is 0. The Hall–Kier alpha value is -1.02. The van der Waals surface area contributed by atoms with E-state index in [9.17, 15) is 0 Å². The molecule has 3 N–H and O–H groups in total. The van der Waals surface area contributed by atoms with E-state index in [2.05, 4.69) is 30.4 Å². The summed E-state index contributed by atoms with van der Waals surface area (Å²) in [6.45, 7) is 2.77. The standard InChI is InChI=1S/C12H18N2/c1-9-10(8-13)4-2-7-12(9)14-11-5-3-6-11/h2,4,7,11,14H,3,5-6,8,13H2,1H3. The number of hydrogen-bond acceptors (Lipinski definition) is 2. The minimum atomic E-state index is 0.631. The lowest BCUT2D eigenvalue weighted by atomic mass is 9.92. The van der Waals surface area contributed by atoms with Crippen molar-refractivity contribution in [3.8, 4) is 0 Å². The normalized spacial score (nSPS) is 16.4. The Balaban J connectivity index is 2.15. The Kier molecular flexibility index (Phi) is 2.73. The van der Waals surface area contributed by atoms with Crippen LogP contribution >= 0.6 is 0 Å². The van der Waals surface area contributed by atoms with E-state index in [1.165, 1.54) is 36.1 Å². The molecule has 1 aromatic carbocycles. The predicted molar refractivity (Wildman–Crippen MR) is 60.3 cm³/mol. The van der Waals surface area contributed by atoms with Crippen molar-refractivity contribution in [1.29, 1.82) is 0 Å². The molecule has 0 spiro atoms. The minimum Gasteiger partial charge on any atom is -0.382 e. The van der Waals surface area contributed by atoms with Gasteiger partial charge in [-0.05, 0) is 43.4 Å². The minimum absolute atomic E-state index is 0.631. The fourth-order valence-corrected chi connectivity index (χ4v) is 1.83. The first-order valence-corrected chi connectivity index (χ1v) is 5.36. The monoisotopic (exact) mass is 190 g/mol. The highest BCUT2D eigenvalue weighted by atomic mass is 14.9. The summed E-state index contributed by atoms with van der Waals surface area (Å²) < 4.78 is 0. The summed E-state index contributed by atoms with van der Waals surface area (Å²) in [7, 11) is 0. The maximum absolute atomic E-state index is 5.67. The van der Waals surface area contributed by atoms with Crippen LogP contribution in [0.1, 0.15) is 30.4 Å². The molecular formula is C12H18N2. The summed E-state index contributed by atoms with van der Waals surface area (Å²) in [6, 6.07) is 7.02. The zero-order valence-electron chi connectivity index (χ0n) is 8.72. The molecule has 2 rings (SSSR count). The van der Waals surface area contributed by atoms with Crippen LogP contribution in [0.15, 0.2) is 18.2 Å². The van der Waals surface area contributed by atoms with E-state index in [1.54, 1.807) is 0 Å². The molecule has 0 heterocycles. The summed E-state index contributed by atoms with van der Waals surface area (Å²) in [4.78, 5) is 0. The lowest BCUT2D eigenvalue weighted by molar-refractivity contribution is 0.445. The van der Waals surface area contributed by atoms with E-state index >= 15 is 0 Å². The second kappa shape index (κ2) is 4.01. The molecule has 0 saturated heterocycles. The fraction of sp³-hybridized carbons (Fsp3) is 0.500. The molecule has 0 aliphatic heterocycles. The smallest absolute Gasteiger partial charge is 0.0375 e. The molecule has 0 radical (unpaired) electrons. The van der Waals surface area contributed by atoms with Gasteiger partial charge < -0.3 is 11.1 Å². The van der Waals surface area contributed by atoms with Crippen molar-refractivity contribution in [2.75, 3.05) is 5.32 Å². The van der Waals surface area contributed by atoms with Crippen LogP contribution in [0.2, 0.25) is 0 Å². The van der Waals surface area contributed by atoms with Crippen LogP contribution in [0.5, 0.6) is 0 Å². The van der Waals surface area contributed by atoms with Crippen molar-refractivity contribution in [3.63, 3.8) is 0 Å². The van der Waals surface area contributed by atoms with Crippen LogP contribution in [-0.4, -0.2) is 6.04 Å². The Labute approximate surface area is 85.5 Å². The van der Waals surface area contributed by atoms with Gasteiger partial charge in [0.05, 0.1) is 0 Å². The number of anilines is 1. The number of benzene rings is 1. The van der Waals surface area contributed by atoms with Crippen molar-refractivity contribution >= 4 is 5.69 Å². The predicted octanol–water partition coefficient (Wildman–Crippen LogP) is 2.42. The highest BCUT2D eigenvalue weighted by Crippen LogP contribution is 2.26. The van der Waals surface area contributed by atoms with Crippen molar-refractivity contribution in [2.24, 2.45) is 5.73 Å². The van der Waals surface area contributed by atoms with E-state index < -0.39 is 0 Å². The lowest BCUT2D eigenvalue weighted by Crippen LogP contribution is -2.27. The van der Waals surface area contributed by atoms with Gasteiger partial charge in [-0.1, -0.05) is 12.1 Å². The third-order valence-corrected chi connectivity index (χ3v) is 3.13. The molecule has 1 fully saturated rings. The third kappa shape index (κ3) is 1.75. The number of rotatable bonds is 3. The van der Waals surface area contributed by atoms with E-state index in [-0.39, 0.29) is 0 Å². The summed E-state index contributed by atoms with van der Waals surface area (Å²) >= 11 is 0. The maximum atomic E-state index is 5.67. The molecule has 0 unspecified atom stereocenters. The maximum Gasteiger partial charge on any atom is 0.0375 e. The van der Waals surface area contributed by atoms with Crippen molar-refractivity contribution in [2.45, 2.75) is 38.8 Å². The molecule has 0 aromatic heterocycles. The molecule has 0 amide bonds. The molecule has 2 nitrogen and oxygen atoms in total. The Morgan fingerprint density at radius 2 is 2.21 bits per heavy atom. The zero-order chi connectivity index (χ0) is 9.97. The molecule has 1 aliphatic rings. The molecule has 1 saturated carbocycles. The van der Waals surface area contributed by atoms with Crippen LogP contribution in [-0.2, 0) is 6.54 Å². The van der Waals surface area contributed by atoms with Crippen LogP contribution in [0.3, 0.4) is 0 Å². The van der Waals surface area contributed by atoms with Crippen LogP contribution in [0.4, 0.5) is 5.69 Å². The Bertz CT molecular complexity index is 316. The fourth-order valence-electron chi connectivity index (χ4n) is 1.83. The van der Waals surface area contributed by atoms with Crippen LogP contribution in [0, 0.1) is 6.92 Å². The van der Waals surface area contributed by atoms with Crippen LogP contribution < -0.4 is 11.1 Å². The molecule has 14 heavy (non-hydrogen) atoms. The Morgan fingerprint density at radius 1 is 1.43 bits per heavy atom. The molecular weight excluding hydrogens is 172 g/mol. The first-order valence-electron chi connectivity index (χ1n) is 5.36. The first kappa shape index (κ1) is 9.53. The van der Waals surface area contributed by atoms with Gasteiger partial charge in [-0.2, -0.15) is 0 Å². The van der Waals surface area contributed by atoms with Gasteiger partial charge in [0.15, 0.2) is 0 Å². The summed E-state index contributed by atoms with van der Waals surface area (Å²) in [6.07, 6.45) is 3.99. The molecule has 1 aliphatic carbocycles. The van der Waals surface area contributed by atoms with Crippen LogP contribution in [0.25, 0.3) is 0 Å². The van der Waals surface area contributed by atoms with Gasteiger partial charge >= 0.3 is 0 Å². The van der Waals surface area contributed by atoms with Gasteiger partial charge in [0, 0.05) is 18.3 Å². The van der Waals surface area contributed by atoms with Crippen molar-refractivity contribution in [1.82, 2.24) is 0 Å². The second-order valence-corrected chi connectivity index (χ2v) is 4.07. The number of hydrogen-bond donors (Lipinski definition) is 2. The topological polar surface area (TPSA) is 38.0 Å². The number of nitrogens with one attached hydrogen (secondary N) is 1. The van der Waals surface area contributed by atoms with Crippen molar-refractivity contribution in [3.05, 3.63) is 29.3 Å². The van der Waals surface area contributed by atoms with Gasteiger partial charge in [0.2, 0.25) is 0 Å². The van der Waals surface area contributed by atoms with Gasteiger partial charge in [-0.15, -0.1) is 0 Å². The highest BCUT2D eigenvalue weighted by Gasteiger charge is 2.17. The molecule has 2 heteroatoms. The Morgan fingerprint density at radius 3 is 2.79 bits per heavy atom. The molecule has 0 atom stereocenters. The molecule has 76 valence electrons. The van der Waals surface area contributed by atoms with Gasteiger partial charge in [0.25, 0.3) is 0 Å². The quantitative estimate of drug-likeness (QED) is 0.768. The van der Waals surface area contributed by atoms with Gasteiger partial charge in [-0.25, -0.2) is 0 Å². The van der Waals surface area contributed by atoms with E-state index in [0.717, 1.165) is 0 Å². The SMILES string of the molecule is Cc1c(CN)cccc1NC1CCC1. The van der Waals surface area contributed by atoms with E-state index in [4.69, 9.17) is 5.73 Å². The molecule has 1 aromatic rings. The summed E-state index contributed by atoms with van der Waals surface area (Å²) in [5, 5.41) is 3.57. The second-order valence-electron chi connectivity index (χ2n) is 4.07. The molecule has 0 bridgehead atoms. The number of nitrogens with two attached hydrogens (primary N) is 1. The average molecular weight is 190 g/mol.